The first kappa shape index (κ1) is 15.7. The van der Waals surface area contributed by atoms with Crippen LogP contribution in [0.15, 0.2) is 66.7 Å². The molecule has 24 heavy (non-hydrogen) atoms. The highest BCUT2D eigenvalue weighted by atomic mass is 16.2. The summed E-state index contributed by atoms with van der Waals surface area (Å²) in [5.74, 6) is -1.31. The summed E-state index contributed by atoms with van der Waals surface area (Å²) in [5, 5.41) is 7.32. The van der Waals surface area contributed by atoms with Gasteiger partial charge in [-0.15, -0.1) is 0 Å². The predicted molar refractivity (Wildman–Crippen MR) is 95.6 cm³/mol. The largest absolute Gasteiger partial charge is 0.344 e. The van der Waals surface area contributed by atoms with E-state index >= 15 is 0 Å². The van der Waals surface area contributed by atoms with Gasteiger partial charge >= 0.3 is 11.8 Å². The average molecular weight is 318 g/mol. The fourth-order valence-electron chi connectivity index (χ4n) is 2.67. The first-order valence-electron chi connectivity index (χ1n) is 7.76. The van der Waals surface area contributed by atoms with Gasteiger partial charge in [0, 0.05) is 17.6 Å². The summed E-state index contributed by atoms with van der Waals surface area (Å²) in [4.78, 5) is 24.2. The average Bonchev–Trinajstić information content (AvgIpc) is 2.61. The Bertz CT molecular complexity index is 883. The predicted octanol–water partition coefficient (Wildman–Crippen LogP) is 3.40. The van der Waals surface area contributed by atoms with Crippen LogP contribution in [0.2, 0.25) is 0 Å². The Morgan fingerprint density at radius 1 is 0.833 bits per heavy atom. The van der Waals surface area contributed by atoms with Gasteiger partial charge in [0.25, 0.3) is 0 Å². The summed E-state index contributed by atoms with van der Waals surface area (Å²) in [7, 11) is 0. The summed E-state index contributed by atoms with van der Waals surface area (Å²) in [5.41, 5.74) is 2.64. The van der Waals surface area contributed by atoms with E-state index in [0.29, 0.717) is 12.2 Å². The third kappa shape index (κ3) is 3.43. The Balaban J connectivity index is 1.72. The molecule has 4 heteroatoms. The zero-order valence-electron chi connectivity index (χ0n) is 13.4. The highest BCUT2D eigenvalue weighted by molar-refractivity contribution is 6.40. The van der Waals surface area contributed by atoms with Crippen LogP contribution in [0.3, 0.4) is 0 Å². The standard InChI is InChI=1S/C20H18N2O2/c1-14-7-5-10-16-11-6-12-17(18(14)16)22-20(24)19(23)21-13-15-8-3-2-4-9-15/h2-12H,13H2,1H3,(H,21,23)(H,22,24). The summed E-state index contributed by atoms with van der Waals surface area (Å²) in [6.45, 7) is 2.30. The maximum atomic E-state index is 12.2. The number of carbonyl (C=O) groups excluding carboxylic acids is 2. The van der Waals surface area contributed by atoms with Crippen molar-refractivity contribution in [2.75, 3.05) is 5.32 Å². The van der Waals surface area contributed by atoms with Crippen molar-refractivity contribution in [3.63, 3.8) is 0 Å². The number of nitrogens with one attached hydrogen (secondary N) is 2. The van der Waals surface area contributed by atoms with Crippen LogP contribution in [-0.4, -0.2) is 11.8 Å². The number of amides is 2. The molecule has 0 aromatic heterocycles. The van der Waals surface area contributed by atoms with Gasteiger partial charge in [0.15, 0.2) is 0 Å². The van der Waals surface area contributed by atoms with Crippen molar-refractivity contribution in [1.82, 2.24) is 5.32 Å². The molecule has 0 saturated heterocycles. The molecule has 0 atom stereocenters. The molecule has 0 fully saturated rings. The molecule has 2 N–H and O–H groups in total. The minimum Gasteiger partial charge on any atom is -0.344 e. The number of benzene rings is 3. The molecule has 0 aliphatic heterocycles. The molecule has 2 amide bonds. The van der Waals surface area contributed by atoms with E-state index in [1.807, 2.05) is 67.6 Å². The third-order valence-corrected chi connectivity index (χ3v) is 3.86. The first-order chi connectivity index (χ1) is 11.6. The molecule has 3 aromatic carbocycles. The number of aryl methyl sites for hydroxylation is 1. The zero-order chi connectivity index (χ0) is 16.9. The van der Waals surface area contributed by atoms with E-state index in [-0.39, 0.29) is 0 Å². The van der Waals surface area contributed by atoms with Crippen molar-refractivity contribution in [3.8, 4) is 0 Å². The molecule has 0 spiro atoms. The molecular weight excluding hydrogens is 300 g/mol. The minimum atomic E-state index is -0.665. The Morgan fingerprint density at radius 2 is 1.54 bits per heavy atom. The van der Waals surface area contributed by atoms with E-state index in [4.69, 9.17) is 0 Å². The van der Waals surface area contributed by atoms with E-state index in [9.17, 15) is 9.59 Å². The lowest BCUT2D eigenvalue weighted by Crippen LogP contribution is -2.35. The molecule has 3 rings (SSSR count). The van der Waals surface area contributed by atoms with Crippen LogP contribution in [0, 0.1) is 6.92 Å². The normalized spacial score (nSPS) is 10.4. The van der Waals surface area contributed by atoms with Gasteiger partial charge in [-0.05, 0) is 29.5 Å². The molecule has 0 unspecified atom stereocenters. The van der Waals surface area contributed by atoms with Gasteiger partial charge in [-0.25, -0.2) is 0 Å². The monoisotopic (exact) mass is 318 g/mol. The Kier molecular flexibility index (Phi) is 4.57. The molecule has 0 bridgehead atoms. The van der Waals surface area contributed by atoms with Crippen molar-refractivity contribution in [2.24, 2.45) is 0 Å². The minimum absolute atomic E-state index is 0.321. The summed E-state index contributed by atoms with van der Waals surface area (Å²) in [6, 6.07) is 21.0. The van der Waals surface area contributed by atoms with Crippen molar-refractivity contribution < 1.29 is 9.59 Å². The van der Waals surface area contributed by atoms with Crippen LogP contribution in [0.1, 0.15) is 11.1 Å². The lowest BCUT2D eigenvalue weighted by Gasteiger charge is -2.11. The van der Waals surface area contributed by atoms with Crippen LogP contribution in [0.25, 0.3) is 10.8 Å². The van der Waals surface area contributed by atoms with Gasteiger partial charge in [0.1, 0.15) is 0 Å². The Labute approximate surface area is 140 Å². The van der Waals surface area contributed by atoms with Gasteiger partial charge in [-0.1, -0.05) is 60.7 Å². The number of fused-ring (bicyclic) bond motifs is 1. The van der Waals surface area contributed by atoms with Crippen LogP contribution in [0.5, 0.6) is 0 Å². The van der Waals surface area contributed by atoms with Gasteiger partial charge in [0.2, 0.25) is 0 Å². The second-order valence-electron chi connectivity index (χ2n) is 5.60. The second kappa shape index (κ2) is 6.96. The highest BCUT2D eigenvalue weighted by Gasteiger charge is 2.15. The number of anilines is 1. The molecular formula is C20H18N2O2. The maximum Gasteiger partial charge on any atom is 0.313 e. The van der Waals surface area contributed by atoms with Crippen molar-refractivity contribution in [2.45, 2.75) is 13.5 Å². The molecule has 3 aromatic rings. The Hall–Kier alpha value is -3.14. The molecule has 0 radical (unpaired) electrons. The number of hydrogen-bond donors (Lipinski definition) is 2. The van der Waals surface area contributed by atoms with Gasteiger partial charge < -0.3 is 10.6 Å². The molecule has 120 valence electrons. The lowest BCUT2D eigenvalue weighted by molar-refractivity contribution is -0.136. The van der Waals surface area contributed by atoms with Gasteiger partial charge in [0.05, 0.1) is 0 Å². The van der Waals surface area contributed by atoms with Crippen LogP contribution >= 0.6 is 0 Å². The third-order valence-electron chi connectivity index (χ3n) is 3.86. The van der Waals surface area contributed by atoms with Crippen LogP contribution < -0.4 is 10.6 Å². The molecule has 0 aliphatic carbocycles. The van der Waals surface area contributed by atoms with E-state index < -0.39 is 11.8 Å². The number of rotatable bonds is 3. The quantitative estimate of drug-likeness (QED) is 0.727. The van der Waals surface area contributed by atoms with E-state index in [1.165, 1.54) is 0 Å². The van der Waals surface area contributed by atoms with Gasteiger partial charge in [-0.2, -0.15) is 0 Å². The molecule has 4 nitrogen and oxygen atoms in total. The summed E-state index contributed by atoms with van der Waals surface area (Å²) < 4.78 is 0. The lowest BCUT2D eigenvalue weighted by atomic mass is 10.0. The second-order valence-corrected chi connectivity index (χ2v) is 5.60. The molecule has 0 aliphatic rings. The Morgan fingerprint density at radius 3 is 2.29 bits per heavy atom. The van der Waals surface area contributed by atoms with Crippen LogP contribution in [-0.2, 0) is 16.1 Å². The smallest absolute Gasteiger partial charge is 0.313 e. The van der Waals surface area contributed by atoms with Crippen LogP contribution in [0.4, 0.5) is 5.69 Å². The molecule has 0 heterocycles. The van der Waals surface area contributed by atoms with Crippen molar-refractivity contribution in [1.29, 1.82) is 0 Å². The fraction of sp³-hybridized carbons (Fsp3) is 0.100. The maximum absolute atomic E-state index is 12.2. The number of carbonyl (C=O) groups is 2. The number of hydrogen-bond acceptors (Lipinski definition) is 2. The molecule has 0 saturated carbocycles. The first-order valence-corrected chi connectivity index (χ1v) is 7.76. The van der Waals surface area contributed by atoms with Crippen molar-refractivity contribution >= 4 is 28.3 Å². The van der Waals surface area contributed by atoms with E-state index in [1.54, 1.807) is 6.07 Å². The SMILES string of the molecule is Cc1cccc2cccc(NC(=O)C(=O)NCc3ccccc3)c12. The topological polar surface area (TPSA) is 58.2 Å². The van der Waals surface area contributed by atoms with Gasteiger partial charge in [-0.3, -0.25) is 9.59 Å². The highest BCUT2D eigenvalue weighted by Crippen LogP contribution is 2.26. The fourth-order valence-corrected chi connectivity index (χ4v) is 2.67. The van der Waals surface area contributed by atoms with E-state index in [2.05, 4.69) is 10.6 Å². The summed E-state index contributed by atoms with van der Waals surface area (Å²) in [6.07, 6.45) is 0. The summed E-state index contributed by atoms with van der Waals surface area (Å²) >= 11 is 0. The zero-order valence-corrected chi connectivity index (χ0v) is 13.4. The van der Waals surface area contributed by atoms with Crippen molar-refractivity contribution in [3.05, 3.63) is 77.9 Å². The van der Waals surface area contributed by atoms with E-state index in [0.717, 1.165) is 21.9 Å².